The fourth-order valence-electron chi connectivity index (χ4n) is 0.997. The number of methoxy groups -OCH3 is 1. The highest BCUT2D eigenvalue weighted by atomic mass is 35.5. The molecule has 0 unspecified atom stereocenters. The van der Waals surface area contributed by atoms with Crippen LogP contribution in [-0.4, -0.2) is 18.2 Å². The first-order valence-corrected chi connectivity index (χ1v) is 3.99. The summed E-state index contributed by atoms with van der Waals surface area (Å²) in [6.45, 7) is 0. The highest BCUT2D eigenvalue weighted by Gasteiger charge is 2.17. The smallest absolute Gasteiger partial charge is 0.343 e. The van der Waals surface area contributed by atoms with Crippen LogP contribution in [0.3, 0.4) is 0 Å². The lowest BCUT2D eigenvalue weighted by atomic mass is 10.1. The van der Waals surface area contributed by atoms with Gasteiger partial charge in [-0.2, -0.15) is 5.26 Å². The molecular weight excluding hydrogens is 206 g/mol. The third-order valence-corrected chi connectivity index (χ3v) is 1.81. The third-order valence-electron chi connectivity index (χ3n) is 1.59. The number of benzene rings is 1. The normalized spacial score (nSPS) is 9.21. The van der Waals surface area contributed by atoms with E-state index in [0.717, 1.165) is 7.11 Å². The Labute approximate surface area is 85.3 Å². The summed E-state index contributed by atoms with van der Waals surface area (Å²) in [5.41, 5.74) is -0.179. The van der Waals surface area contributed by atoms with Gasteiger partial charge in [-0.3, -0.25) is 0 Å². The summed E-state index contributed by atoms with van der Waals surface area (Å²) in [6.07, 6.45) is 0. The van der Waals surface area contributed by atoms with Gasteiger partial charge in [0.15, 0.2) is 0 Å². The van der Waals surface area contributed by atoms with Crippen LogP contribution in [0.5, 0.6) is 5.75 Å². The second-order valence-corrected chi connectivity index (χ2v) is 2.89. The molecule has 0 aliphatic rings. The molecule has 0 atom stereocenters. The highest BCUT2D eigenvalue weighted by molar-refractivity contribution is 6.31. The summed E-state index contributed by atoms with van der Waals surface area (Å²) < 4.78 is 4.41. The Morgan fingerprint density at radius 3 is 2.79 bits per heavy atom. The number of rotatable bonds is 1. The van der Waals surface area contributed by atoms with Gasteiger partial charge in [-0.25, -0.2) is 4.79 Å². The third kappa shape index (κ3) is 1.78. The van der Waals surface area contributed by atoms with Crippen molar-refractivity contribution < 1.29 is 14.6 Å². The maximum Gasteiger partial charge on any atom is 0.343 e. The molecule has 1 N–H and O–H groups in total. The predicted molar refractivity (Wildman–Crippen MR) is 49.2 cm³/mol. The molecule has 0 radical (unpaired) electrons. The molecule has 1 aromatic carbocycles. The van der Waals surface area contributed by atoms with Gasteiger partial charge in [0.25, 0.3) is 0 Å². The van der Waals surface area contributed by atoms with Crippen molar-refractivity contribution in [2.24, 2.45) is 0 Å². The Morgan fingerprint density at radius 2 is 2.29 bits per heavy atom. The van der Waals surface area contributed by atoms with Gasteiger partial charge in [-0.1, -0.05) is 11.6 Å². The van der Waals surface area contributed by atoms with Crippen LogP contribution in [-0.2, 0) is 4.74 Å². The topological polar surface area (TPSA) is 70.3 Å². The van der Waals surface area contributed by atoms with Crippen LogP contribution in [0.25, 0.3) is 0 Å². The number of phenols is 1. The van der Waals surface area contributed by atoms with Gasteiger partial charge in [0.1, 0.15) is 17.4 Å². The number of nitrogens with zero attached hydrogens (tertiary/aromatic N) is 1. The molecule has 1 aromatic rings. The summed E-state index contributed by atoms with van der Waals surface area (Å²) in [7, 11) is 1.16. The molecule has 0 amide bonds. The fourth-order valence-corrected chi connectivity index (χ4v) is 1.21. The number of esters is 1. The molecular formula is C9H6ClNO3. The van der Waals surface area contributed by atoms with Crippen molar-refractivity contribution in [1.82, 2.24) is 0 Å². The number of hydrogen-bond acceptors (Lipinski definition) is 4. The minimum Gasteiger partial charge on any atom is -0.507 e. The molecule has 72 valence electrons. The largest absolute Gasteiger partial charge is 0.507 e. The molecule has 0 heterocycles. The van der Waals surface area contributed by atoms with Crippen LogP contribution in [0, 0.1) is 11.3 Å². The summed E-state index contributed by atoms with van der Waals surface area (Å²) in [6, 6.07) is 4.21. The van der Waals surface area contributed by atoms with E-state index in [0.29, 0.717) is 0 Å². The molecule has 0 bridgehead atoms. The number of nitriles is 1. The van der Waals surface area contributed by atoms with Crippen molar-refractivity contribution in [3.05, 3.63) is 28.3 Å². The number of halogens is 1. The standard InChI is InChI=1S/C9H6ClNO3/c1-14-9(13)8-5(4-11)2-6(10)3-7(8)12/h2-3,12H,1H3. The lowest BCUT2D eigenvalue weighted by molar-refractivity contribution is 0.0597. The van der Waals surface area contributed by atoms with Gasteiger partial charge in [-0.05, 0) is 12.1 Å². The van der Waals surface area contributed by atoms with E-state index in [-0.39, 0.29) is 21.9 Å². The molecule has 0 fully saturated rings. The zero-order valence-corrected chi connectivity index (χ0v) is 8.00. The SMILES string of the molecule is COC(=O)c1c(O)cc(Cl)cc1C#N. The quantitative estimate of drug-likeness (QED) is 0.718. The van der Waals surface area contributed by atoms with Gasteiger partial charge in [0.05, 0.1) is 12.7 Å². The molecule has 0 spiro atoms. The van der Waals surface area contributed by atoms with E-state index in [1.54, 1.807) is 6.07 Å². The summed E-state index contributed by atoms with van der Waals surface area (Å²) >= 11 is 5.59. The number of carbonyl (C=O) groups is 1. The predicted octanol–water partition coefficient (Wildman–Crippen LogP) is 1.70. The molecule has 0 aliphatic carbocycles. The van der Waals surface area contributed by atoms with Crippen LogP contribution < -0.4 is 0 Å². The van der Waals surface area contributed by atoms with Crippen LogP contribution in [0.4, 0.5) is 0 Å². The Hall–Kier alpha value is -1.73. The first kappa shape index (κ1) is 10.4. The molecule has 14 heavy (non-hydrogen) atoms. The summed E-state index contributed by atoms with van der Waals surface area (Å²) in [5.74, 6) is -1.13. The minimum atomic E-state index is -0.768. The highest BCUT2D eigenvalue weighted by Crippen LogP contribution is 2.26. The maximum absolute atomic E-state index is 11.1. The summed E-state index contributed by atoms with van der Waals surface area (Å²) in [5, 5.41) is 18.2. The Bertz CT molecular complexity index is 423. The van der Waals surface area contributed by atoms with Crippen molar-refractivity contribution in [3.8, 4) is 11.8 Å². The lowest BCUT2D eigenvalue weighted by Gasteiger charge is -2.04. The van der Waals surface area contributed by atoms with Crippen molar-refractivity contribution in [2.75, 3.05) is 7.11 Å². The van der Waals surface area contributed by atoms with Crippen LogP contribution in [0.2, 0.25) is 5.02 Å². The van der Waals surface area contributed by atoms with E-state index < -0.39 is 5.97 Å². The van der Waals surface area contributed by atoms with E-state index in [1.165, 1.54) is 12.1 Å². The Morgan fingerprint density at radius 1 is 1.64 bits per heavy atom. The maximum atomic E-state index is 11.1. The molecule has 0 aliphatic heterocycles. The number of hydrogen-bond donors (Lipinski definition) is 1. The molecule has 0 aromatic heterocycles. The number of carbonyl (C=O) groups excluding carboxylic acids is 1. The second kappa shape index (κ2) is 3.99. The second-order valence-electron chi connectivity index (χ2n) is 2.45. The monoisotopic (exact) mass is 211 g/mol. The van der Waals surface area contributed by atoms with Crippen molar-refractivity contribution >= 4 is 17.6 Å². The number of ether oxygens (including phenoxy) is 1. The minimum absolute atomic E-state index is 0.0122. The Kier molecular flexibility index (Phi) is 2.95. The average Bonchev–Trinajstić information content (AvgIpc) is 2.15. The van der Waals surface area contributed by atoms with Crippen LogP contribution >= 0.6 is 11.6 Å². The van der Waals surface area contributed by atoms with Crippen molar-refractivity contribution in [3.63, 3.8) is 0 Å². The summed E-state index contributed by atoms with van der Waals surface area (Å²) in [4.78, 5) is 11.1. The molecule has 5 heteroatoms. The molecule has 4 nitrogen and oxygen atoms in total. The molecule has 1 rings (SSSR count). The van der Waals surface area contributed by atoms with Crippen molar-refractivity contribution in [1.29, 1.82) is 5.26 Å². The van der Waals surface area contributed by atoms with Gasteiger partial charge in [-0.15, -0.1) is 0 Å². The zero-order valence-electron chi connectivity index (χ0n) is 7.24. The van der Waals surface area contributed by atoms with E-state index >= 15 is 0 Å². The molecule has 0 saturated heterocycles. The zero-order chi connectivity index (χ0) is 10.7. The van der Waals surface area contributed by atoms with E-state index in [1.807, 2.05) is 0 Å². The first-order chi connectivity index (χ1) is 6.60. The van der Waals surface area contributed by atoms with Gasteiger partial charge >= 0.3 is 5.97 Å². The first-order valence-electron chi connectivity index (χ1n) is 3.61. The molecule has 0 saturated carbocycles. The average molecular weight is 212 g/mol. The van der Waals surface area contributed by atoms with E-state index in [9.17, 15) is 9.90 Å². The van der Waals surface area contributed by atoms with Gasteiger partial charge in [0.2, 0.25) is 0 Å². The number of phenolic OH excluding ortho intramolecular Hbond substituents is 1. The van der Waals surface area contributed by atoms with Crippen LogP contribution in [0.1, 0.15) is 15.9 Å². The lowest BCUT2D eigenvalue weighted by Crippen LogP contribution is -2.04. The Balaban J connectivity index is 3.42. The van der Waals surface area contributed by atoms with E-state index in [2.05, 4.69) is 4.74 Å². The van der Waals surface area contributed by atoms with Crippen molar-refractivity contribution in [2.45, 2.75) is 0 Å². The van der Waals surface area contributed by atoms with Gasteiger partial charge < -0.3 is 9.84 Å². The van der Waals surface area contributed by atoms with Gasteiger partial charge in [0, 0.05) is 5.02 Å². The van der Waals surface area contributed by atoms with E-state index in [4.69, 9.17) is 16.9 Å². The van der Waals surface area contributed by atoms with Crippen LogP contribution in [0.15, 0.2) is 12.1 Å². The number of aromatic hydroxyl groups is 1. The fraction of sp³-hybridized carbons (Fsp3) is 0.111.